The lowest BCUT2D eigenvalue weighted by atomic mass is 9.96. The van der Waals surface area contributed by atoms with Crippen molar-refractivity contribution in [2.75, 3.05) is 26.3 Å². The topological polar surface area (TPSA) is 90.0 Å². The summed E-state index contributed by atoms with van der Waals surface area (Å²) < 4.78 is 37.3. The Hall–Kier alpha value is -1.48. The third-order valence-corrected chi connectivity index (χ3v) is 6.88. The molecule has 1 aliphatic heterocycles. The molecule has 0 amide bonds. The lowest BCUT2D eigenvalue weighted by Gasteiger charge is -2.26. The Morgan fingerprint density at radius 3 is 2.65 bits per heavy atom. The highest BCUT2D eigenvalue weighted by molar-refractivity contribution is 7.89. The Kier molecular flexibility index (Phi) is 5.96. The fraction of sp³-hybridized carbons (Fsp3) is 0.529. The maximum Gasteiger partial charge on any atom is 0.338 e. The van der Waals surface area contributed by atoms with Gasteiger partial charge in [0.05, 0.1) is 23.8 Å². The molecule has 7 nitrogen and oxygen atoms in total. The van der Waals surface area contributed by atoms with Crippen LogP contribution in [0.5, 0.6) is 0 Å². The number of sulfonamides is 1. The van der Waals surface area contributed by atoms with Gasteiger partial charge in [0.1, 0.15) is 4.90 Å². The van der Waals surface area contributed by atoms with Gasteiger partial charge < -0.3 is 9.47 Å². The summed E-state index contributed by atoms with van der Waals surface area (Å²) in [6, 6.07) is 3.97. The molecule has 0 radical (unpaired) electrons. The van der Waals surface area contributed by atoms with Crippen LogP contribution in [0.2, 0.25) is 5.02 Å². The maximum atomic E-state index is 12.8. The molecular formula is C17H20ClNO6S. The first-order valence-corrected chi connectivity index (χ1v) is 10.3. The highest BCUT2D eigenvalue weighted by Gasteiger charge is 2.30. The van der Waals surface area contributed by atoms with Gasteiger partial charge in [0, 0.05) is 19.5 Å². The number of rotatable bonds is 4. The monoisotopic (exact) mass is 401 g/mol. The molecule has 0 N–H and O–H groups in total. The smallest absolute Gasteiger partial charge is 0.338 e. The molecule has 26 heavy (non-hydrogen) atoms. The molecule has 1 aromatic rings. The van der Waals surface area contributed by atoms with Crippen LogP contribution in [-0.4, -0.2) is 56.9 Å². The lowest BCUT2D eigenvalue weighted by molar-refractivity contribution is -0.129. The number of nitrogens with zero attached hydrogens (tertiary/aromatic N) is 1. The highest BCUT2D eigenvalue weighted by atomic mass is 35.5. The molecule has 1 heterocycles. The molecular weight excluding hydrogens is 382 g/mol. The third kappa shape index (κ3) is 4.09. The number of ketones is 1. The van der Waals surface area contributed by atoms with Gasteiger partial charge in [-0.25, -0.2) is 13.2 Å². The van der Waals surface area contributed by atoms with Crippen molar-refractivity contribution < 1.29 is 27.5 Å². The fourth-order valence-electron chi connectivity index (χ4n) is 3.03. The molecule has 9 heteroatoms. The van der Waals surface area contributed by atoms with Gasteiger partial charge in [-0.2, -0.15) is 4.31 Å². The van der Waals surface area contributed by atoms with Crippen LogP contribution in [0.3, 0.4) is 0 Å². The van der Waals surface area contributed by atoms with Crippen molar-refractivity contribution in [2.24, 2.45) is 0 Å². The summed E-state index contributed by atoms with van der Waals surface area (Å²) in [5, 5.41) is 0.0294. The van der Waals surface area contributed by atoms with Gasteiger partial charge in [-0.1, -0.05) is 11.6 Å². The van der Waals surface area contributed by atoms with Crippen molar-refractivity contribution in [1.29, 1.82) is 0 Å². The molecule has 1 aliphatic carbocycles. The van der Waals surface area contributed by atoms with Crippen molar-refractivity contribution >= 4 is 33.4 Å². The normalized spacial score (nSPS) is 22.2. The molecule has 2 aliphatic rings. The van der Waals surface area contributed by atoms with E-state index in [0.717, 1.165) is 12.8 Å². The zero-order valence-corrected chi connectivity index (χ0v) is 15.7. The Morgan fingerprint density at radius 2 is 1.96 bits per heavy atom. The molecule has 142 valence electrons. The number of Topliss-reactive ketones (excluding diaryl/α,β-unsaturated/α-hetero) is 1. The predicted molar refractivity (Wildman–Crippen MR) is 93.7 cm³/mol. The highest BCUT2D eigenvalue weighted by Crippen LogP contribution is 2.27. The quantitative estimate of drug-likeness (QED) is 0.717. The lowest BCUT2D eigenvalue weighted by Crippen LogP contribution is -2.40. The van der Waals surface area contributed by atoms with Gasteiger partial charge in [0.2, 0.25) is 10.0 Å². The summed E-state index contributed by atoms with van der Waals surface area (Å²) in [5.41, 5.74) is 0.0552. The Balaban J connectivity index is 1.82. The van der Waals surface area contributed by atoms with Gasteiger partial charge in [0.15, 0.2) is 11.9 Å². The molecule has 0 spiro atoms. The average Bonchev–Trinajstić information content (AvgIpc) is 2.64. The number of hydrogen-bond donors (Lipinski definition) is 0. The minimum absolute atomic E-state index is 0.0294. The van der Waals surface area contributed by atoms with E-state index < -0.39 is 22.1 Å². The van der Waals surface area contributed by atoms with Crippen LogP contribution in [0.25, 0.3) is 0 Å². The summed E-state index contributed by atoms with van der Waals surface area (Å²) in [7, 11) is -3.85. The van der Waals surface area contributed by atoms with Crippen LogP contribution < -0.4 is 0 Å². The van der Waals surface area contributed by atoms with E-state index in [4.69, 9.17) is 21.1 Å². The number of hydrogen-bond acceptors (Lipinski definition) is 6. The van der Waals surface area contributed by atoms with Crippen molar-refractivity contribution in [3.05, 3.63) is 28.8 Å². The van der Waals surface area contributed by atoms with E-state index in [9.17, 15) is 18.0 Å². The van der Waals surface area contributed by atoms with Gasteiger partial charge in [0.25, 0.3) is 0 Å². The molecule has 1 saturated heterocycles. The second-order valence-corrected chi connectivity index (χ2v) is 8.58. The summed E-state index contributed by atoms with van der Waals surface area (Å²) in [6.07, 6.45) is 1.76. The number of esters is 1. The Labute approximate surface area is 157 Å². The standard InChI is InChI=1S/C17H20ClNO6S/c18-13-6-5-12(17(21)25-15-4-2-1-3-14(15)20)11-16(13)26(22,23)19-7-9-24-10-8-19/h5-6,11,15H,1-4,7-10H2/t15-/m0/s1. The zero-order chi connectivity index (χ0) is 18.7. The van der Waals surface area contributed by atoms with Crippen LogP contribution in [0.4, 0.5) is 0 Å². The number of ether oxygens (including phenoxy) is 2. The number of halogens is 1. The SMILES string of the molecule is O=C(O[C@H]1CCCCC1=O)c1ccc(Cl)c(S(=O)(=O)N2CCOCC2)c1. The van der Waals surface area contributed by atoms with Crippen molar-refractivity contribution in [1.82, 2.24) is 4.31 Å². The van der Waals surface area contributed by atoms with Gasteiger partial charge in [-0.05, 0) is 37.5 Å². The summed E-state index contributed by atoms with van der Waals surface area (Å²) in [5.74, 6) is -0.819. The van der Waals surface area contributed by atoms with Crippen LogP contribution in [0, 0.1) is 0 Å². The van der Waals surface area contributed by atoms with Gasteiger partial charge >= 0.3 is 5.97 Å². The van der Waals surface area contributed by atoms with E-state index in [1.165, 1.54) is 22.5 Å². The summed E-state index contributed by atoms with van der Waals surface area (Å²) in [6.45, 7) is 1.07. The maximum absolute atomic E-state index is 12.8. The molecule has 0 bridgehead atoms. The average molecular weight is 402 g/mol. The number of carbonyl (C=O) groups is 2. The summed E-state index contributed by atoms with van der Waals surface area (Å²) >= 11 is 6.08. The van der Waals surface area contributed by atoms with Crippen LogP contribution in [-0.2, 0) is 24.3 Å². The number of benzene rings is 1. The minimum Gasteiger partial charge on any atom is -0.451 e. The second kappa shape index (κ2) is 8.04. The zero-order valence-electron chi connectivity index (χ0n) is 14.1. The molecule has 1 saturated carbocycles. The van der Waals surface area contributed by atoms with E-state index in [1.807, 2.05) is 0 Å². The minimum atomic E-state index is -3.85. The van der Waals surface area contributed by atoms with E-state index in [0.29, 0.717) is 26.1 Å². The van der Waals surface area contributed by atoms with Crippen molar-refractivity contribution in [3.63, 3.8) is 0 Å². The number of morpholine rings is 1. The van der Waals surface area contributed by atoms with E-state index in [-0.39, 0.29) is 34.4 Å². The summed E-state index contributed by atoms with van der Waals surface area (Å²) in [4.78, 5) is 24.1. The second-order valence-electron chi connectivity index (χ2n) is 6.27. The predicted octanol–water partition coefficient (Wildman–Crippen LogP) is 2.03. The third-order valence-electron chi connectivity index (χ3n) is 4.50. The van der Waals surface area contributed by atoms with Crippen molar-refractivity contribution in [2.45, 2.75) is 36.7 Å². The molecule has 0 aromatic heterocycles. The Bertz CT molecular complexity index is 803. The van der Waals surface area contributed by atoms with E-state index >= 15 is 0 Å². The van der Waals surface area contributed by atoms with Crippen LogP contribution >= 0.6 is 11.6 Å². The first-order chi connectivity index (χ1) is 12.4. The van der Waals surface area contributed by atoms with E-state index in [2.05, 4.69) is 0 Å². The first kappa shape index (κ1) is 19.3. The molecule has 0 unspecified atom stereocenters. The molecule has 1 aromatic carbocycles. The molecule has 2 fully saturated rings. The molecule has 1 atom stereocenters. The Morgan fingerprint density at radius 1 is 1.23 bits per heavy atom. The van der Waals surface area contributed by atoms with Crippen LogP contribution in [0.1, 0.15) is 36.0 Å². The molecule has 3 rings (SSSR count). The van der Waals surface area contributed by atoms with Crippen LogP contribution in [0.15, 0.2) is 23.1 Å². The van der Waals surface area contributed by atoms with Gasteiger partial charge in [-0.3, -0.25) is 4.79 Å². The fourth-order valence-corrected chi connectivity index (χ4v) is 4.94. The van der Waals surface area contributed by atoms with Crippen molar-refractivity contribution in [3.8, 4) is 0 Å². The van der Waals surface area contributed by atoms with E-state index in [1.54, 1.807) is 0 Å². The number of carbonyl (C=O) groups excluding carboxylic acids is 2. The largest absolute Gasteiger partial charge is 0.451 e. The van der Waals surface area contributed by atoms with Gasteiger partial charge in [-0.15, -0.1) is 0 Å². The first-order valence-electron chi connectivity index (χ1n) is 8.51.